The largest absolute Gasteiger partial charge is 0.392 e. The van der Waals surface area contributed by atoms with Crippen LogP contribution in [0.4, 0.5) is 0 Å². The predicted molar refractivity (Wildman–Crippen MR) is 122 cm³/mol. The maximum absolute atomic E-state index is 12.7. The molecule has 0 aromatic heterocycles. The number of nitrogens with zero attached hydrogens (tertiary/aromatic N) is 2. The summed E-state index contributed by atoms with van der Waals surface area (Å²) >= 11 is 0. The van der Waals surface area contributed by atoms with E-state index >= 15 is 0 Å². The van der Waals surface area contributed by atoms with Crippen LogP contribution >= 0.6 is 24.0 Å². The van der Waals surface area contributed by atoms with Crippen molar-refractivity contribution in [3.05, 3.63) is 0 Å². The van der Waals surface area contributed by atoms with E-state index in [1.807, 2.05) is 21.0 Å². The van der Waals surface area contributed by atoms with E-state index < -0.39 is 0 Å². The molecule has 0 aliphatic heterocycles. The van der Waals surface area contributed by atoms with Gasteiger partial charge >= 0.3 is 0 Å². The number of halogens is 1. The van der Waals surface area contributed by atoms with Gasteiger partial charge in [0.15, 0.2) is 5.96 Å². The highest BCUT2D eigenvalue weighted by molar-refractivity contribution is 14.0. The number of hydrogen-bond acceptors (Lipinski definition) is 3. The van der Waals surface area contributed by atoms with Crippen LogP contribution in [-0.4, -0.2) is 61.7 Å². The van der Waals surface area contributed by atoms with Crippen molar-refractivity contribution >= 4 is 35.8 Å². The number of guanidine groups is 1. The highest BCUT2D eigenvalue weighted by Gasteiger charge is 2.42. The smallest absolute Gasteiger partial charge is 0.230 e. The number of amides is 1. The molecule has 6 nitrogen and oxygen atoms in total. The predicted octanol–water partition coefficient (Wildman–Crippen LogP) is 2.75. The van der Waals surface area contributed by atoms with Crippen LogP contribution in [0.5, 0.6) is 0 Å². The summed E-state index contributed by atoms with van der Waals surface area (Å²) in [6, 6.07) is 0. The second-order valence-electron chi connectivity index (χ2n) is 8.65. The van der Waals surface area contributed by atoms with Gasteiger partial charge in [-0.1, -0.05) is 32.6 Å². The van der Waals surface area contributed by atoms with Gasteiger partial charge in [-0.25, -0.2) is 0 Å². The third kappa shape index (κ3) is 6.21. The molecule has 2 saturated carbocycles. The van der Waals surface area contributed by atoms with Crippen LogP contribution in [0.1, 0.15) is 65.2 Å². The third-order valence-electron chi connectivity index (χ3n) is 6.24. The van der Waals surface area contributed by atoms with Gasteiger partial charge in [0.1, 0.15) is 0 Å². The molecule has 0 aromatic rings. The van der Waals surface area contributed by atoms with Crippen LogP contribution in [0.25, 0.3) is 0 Å². The Kier molecular flexibility index (Phi) is 9.82. The summed E-state index contributed by atoms with van der Waals surface area (Å²) in [5.74, 6) is 0.970. The Balaban J connectivity index is 0.00000364. The zero-order valence-electron chi connectivity index (χ0n) is 17.5. The molecule has 2 fully saturated rings. The molecule has 2 aliphatic rings. The second-order valence-corrected chi connectivity index (χ2v) is 8.65. The third-order valence-corrected chi connectivity index (χ3v) is 6.24. The van der Waals surface area contributed by atoms with E-state index in [9.17, 15) is 9.90 Å². The Morgan fingerprint density at radius 1 is 1.15 bits per heavy atom. The Morgan fingerprint density at radius 3 is 2.33 bits per heavy atom. The molecule has 1 amide bonds. The summed E-state index contributed by atoms with van der Waals surface area (Å²) in [5.41, 5.74) is -0.459. The van der Waals surface area contributed by atoms with E-state index in [2.05, 4.69) is 17.6 Å². The van der Waals surface area contributed by atoms with Crippen LogP contribution in [0.3, 0.4) is 0 Å². The van der Waals surface area contributed by atoms with Gasteiger partial charge in [-0.05, 0) is 32.6 Å². The molecule has 0 saturated heterocycles. The second kappa shape index (κ2) is 10.8. The number of hydrogen-bond donors (Lipinski definition) is 3. The topological polar surface area (TPSA) is 77.0 Å². The fourth-order valence-corrected chi connectivity index (χ4v) is 4.41. The van der Waals surface area contributed by atoms with Crippen LogP contribution in [0.2, 0.25) is 0 Å². The zero-order chi connectivity index (χ0) is 19.2. The standard InChI is InChI=1S/C20H38N4O2.HI/c1-5-21-18(22-14-19(2)11-7-6-10-16(19)25)23-15-20(12-8-9-13-20)17(26)24(3)4;/h16,25H,5-15H2,1-4H3,(H2,21,22,23);1H. The number of rotatable bonds is 6. The zero-order valence-corrected chi connectivity index (χ0v) is 19.8. The van der Waals surface area contributed by atoms with Crippen molar-refractivity contribution in [1.29, 1.82) is 0 Å². The number of carbonyl (C=O) groups is 1. The summed E-state index contributed by atoms with van der Waals surface area (Å²) < 4.78 is 0. The van der Waals surface area contributed by atoms with E-state index in [1.165, 1.54) is 0 Å². The molecule has 0 radical (unpaired) electrons. The van der Waals surface area contributed by atoms with Crippen LogP contribution in [0, 0.1) is 10.8 Å². The van der Waals surface area contributed by atoms with Gasteiger partial charge in [-0.3, -0.25) is 9.79 Å². The molecule has 0 spiro atoms. The molecule has 0 aromatic carbocycles. The monoisotopic (exact) mass is 494 g/mol. The summed E-state index contributed by atoms with van der Waals surface area (Å²) in [4.78, 5) is 19.2. The first-order chi connectivity index (χ1) is 12.3. The molecule has 3 N–H and O–H groups in total. The maximum atomic E-state index is 12.7. The van der Waals surface area contributed by atoms with Crippen molar-refractivity contribution < 1.29 is 9.90 Å². The van der Waals surface area contributed by atoms with Crippen LogP contribution < -0.4 is 10.6 Å². The first-order valence-electron chi connectivity index (χ1n) is 10.2. The van der Waals surface area contributed by atoms with Gasteiger partial charge in [-0.2, -0.15) is 0 Å². The minimum atomic E-state index is -0.312. The van der Waals surface area contributed by atoms with Crippen LogP contribution in [-0.2, 0) is 4.79 Å². The van der Waals surface area contributed by atoms with Gasteiger partial charge in [0, 0.05) is 32.6 Å². The SMILES string of the molecule is CCNC(=NCC1(C)CCCCC1O)NCC1(C(=O)N(C)C)CCCC1.I. The van der Waals surface area contributed by atoms with E-state index in [1.54, 1.807) is 4.90 Å². The van der Waals surface area contributed by atoms with Crippen molar-refractivity contribution in [2.45, 2.75) is 71.3 Å². The molecular formula is C20H39IN4O2. The lowest BCUT2D eigenvalue weighted by atomic mass is 9.73. The fraction of sp³-hybridized carbons (Fsp3) is 0.900. The number of aliphatic imine (C=N–C) groups is 1. The fourth-order valence-electron chi connectivity index (χ4n) is 4.41. The Bertz CT molecular complexity index is 506. The van der Waals surface area contributed by atoms with Crippen molar-refractivity contribution in [3.8, 4) is 0 Å². The first kappa shape index (κ1) is 24.5. The number of carbonyl (C=O) groups excluding carboxylic acids is 1. The lowest BCUT2D eigenvalue weighted by Gasteiger charge is -2.37. The molecule has 158 valence electrons. The Morgan fingerprint density at radius 2 is 1.78 bits per heavy atom. The van der Waals surface area contributed by atoms with Crippen LogP contribution in [0.15, 0.2) is 4.99 Å². The number of nitrogens with one attached hydrogen (secondary N) is 2. The Labute approximate surface area is 182 Å². The highest BCUT2D eigenvalue weighted by Crippen LogP contribution is 2.39. The van der Waals surface area contributed by atoms with Gasteiger partial charge in [0.25, 0.3) is 0 Å². The van der Waals surface area contributed by atoms with Gasteiger partial charge in [0.05, 0.1) is 18.1 Å². The minimum absolute atomic E-state index is 0. The van der Waals surface area contributed by atoms with E-state index in [0.717, 1.165) is 63.9 Å². The van der Waals surface area contributed by atoms with Gasteiger partial charge in [-0.15, -0.1) is 24.0 Å². The molecular weight excluding hydrogens is 455 g/mol. The molecule has 7 heteroatoms. The summed E-state index contributed by atoms with van der Waals surface area (Å²) in [6.45, 7) is 6.19. The molecule has 0 heterocycles. The molecule has 2 unspecified atom stereocenters. The molecule has 27 heavy (non-hydrogen) atoms. The van der Waals surface area contributed by atoms with Crippen molar-refractivity contribution in [3.63, 3.8) is 0 Å². The summed E-state index contributed by atoms with van der Waals surface area (Å²) in [7, 11) is 3.68. The number of aliphatic hydroxyl groups is 1. The quantitative estimate of drug-likeness (QED) is 0.302. The maximum Gasteiger partial charge on any atom is 0.230 e. The first-order valence-corrected chi connectivity index (χ1v) is 10.2. The Hall–Kier alpha value is -0.570. The summed E-state index contributed by atoms with van der Waals surface area (Å²) in [6.07, 6.45) is 7.97. The van der Waals surface area contributed by atoms with E-state index in [4.69, 9.17) is 4.99 Å². The highest BCUT2D eigenvalue weighted by atomic mass is 127. The average molecular weight is 494 g/mol. The van der Waals surface area contributed by atoms with Gasteiger partial charge < -0.3 is 20.6 Å². The number of aliphatic hydroxyl groups excluding tert-OH is 1. The van der Waals surface area contributed by atoms with Crippen molar-refractivity contribution in [1.82, 2.24) is 15.5 Å². The molecule has 0 bridgehead atoms. The van der Waals surface area contributed by atoms with E-state index in [-0.39, 0.29) is 46.8 Å². The lowest BCUT2D eigenvalue weighted by molar-refractivity contribution is -0.138. The van der Waals surface area contributed by atoms with Gasteiger partial charge in [0.2, 0.25) is 5.91 Å². The molecule has 2 rings (SSSR count). The minimum Gasteiger partial charge on any atom is -0.392 e. The van der Waals surface area contributed by atoms with Crippen molar-refractivity contribution in [2.24, 2.45) is 15.8 Å². The van der Waals surface area contributed by atoms with Crippen molar-refractivity contribution in [2.75, 3.05) is 33.7 Å². The van der Waals surface area contributed by atoms with E-state index in [0.29, 0.717) is 13.1 Å². The summed E-state index contributed by atoms with van der Waals surface area (Å²) in [5, 5.41) is 17.1. The lowest BCUT2D eigenvalue weighted by Crippen LogP contribution is -2.49. The normalized spacial score (nSPS) is 27.6. The molecule has 2 atom stereocenters. The molecule has 2 aliphatic carbocycles. The average Bonchev–Trinajstić information content (AvgIpc) is 3.09.